The molecule has 130 valence electrons. The molecule has 3 rings (SSSR count). The van der Waals surface area contributed by atoms with Gasteiger partial charge in [-0.3, -0.25) is 14.6 Å². The first kappa shape index (κ1) is 17.6. The zero-order valence-electron chi connectivity index (χ0n) is 14.0. The Hall–Kier alpha value is -3.18. The van der Waals surface area contributed by atoms with E-state index in [1.165, 1.54) is 12.3 Å². The van der Waals surface area contributed by atoms with Crippen LogP contribution in [0.4, 0.5) is 11.4 Å². The van der Waals surface area contributed by atoms with Crippen molar-refractivity contribution >= 4 is 34.8 Å². The van der Waals surface area contributed by atoms with Gasteiger partial charge in [-0.1, -0.05) is 29.3 Å². The van der Waals surface area contributed by atoms with E-state index in [1.807, 2.05) is 31.2 Å². The second kappa shape index (κ2) is 7.80. The molecule has 2 aromatic carbocycles. The molecule has 2 amide bonds. The molecule has 0 radical (unpaired) electrons. The number of hydrogen-bond donors (Lipinski definition) is 2. The van der Waals surface area contributed by atoms with Gasteiger partial charge in [0.1, 0.15) is 5.69 Å². The Bertz CT molecular complexity index is 863. The van der Waals surface area contributed by atoms with Gasteiger partial charge in [-0.2, -0.15) is 0 Å². The molecule has 0 aliphatic heterocycles. The van der Waals surface area contributed by atoms with Crippen molar-refractivity contribution in [3.63, 3.8) is 0 Å². The fourth-order valence-corrected chi connectivity index (χ4v) is 2.39. The predicted molar refractivity (Wildman–Crippen MR) is 103 cm³/mol. The van der Waals surface area contributed by atoms with Crippen molar-refractivity contribution in [1.29, 1.82) is 0 Å². The number of benzene rings is 2. The minimum absolute atomic E-state index is 0.161. The van der Waals surface area contributed by atoms with Crippen LogP contribution in [-0.2, 0) is 0 Å². The number of nitrogens with one attached hydrogen (secondary N) is 2. The molecule has 5 nitrogen and oxygen atoms in total. The van der Waals surface area contributed by atoms with Crippen LogP contribution in [0, 0.1) is 6.92 Å². The van der Waals surface area contributed by atoms with E-state index >= 15 is 0 Å². The smallest absolute Gasteiger partial charge is 0.274 e. The van der Waals surface area contributed by atoms with Crippen molar-refractivity contribution in [3.8, 4) is 0 Å². The average Bonchev–Trinajstić information content (AvgIpc) is 2.65. The first-order valence-corrected chi connectivity index (χ1v) is 8.30. The first-order chi connectivity index (χ1) is 12.5. The van der Waals surface area contributed by atoms with Crippen molar-refractivity contribution in [3.05, 3.63) is 88.7 Å². The molecule has 0 saturated carbocycles. The van der Waals surface area contributed by atoms with Gasteiger partial charge in [0.05, 0.1) is 0 Å². The Morgan fingerprint density at radius 1 is 0.846 bits per heavy atom. The van der Waals surface area contributed by atoms with Crippen LogP contribution in [0.2, 0.25) is 5.02 Å². The summed E-state index contributed by atoms with van der Waals surface area (Å²) in [4.78, 5) is 28.8. The predicted octanol–water partition coefficient (Wildman–Crippen LogP) is 4.55. The molecule has 0 unspecified atom stereocenters. The van der Waals surface area contributed by atoms with E-state index < -0.39 is 0 Å². The van der Waals surface area contributed by atoms with E-state index in [0.29, 0.717) is 22.0 Å². The maximum Gasteiger partial charge on any atom is 0.274 e. The standard InChI is InChI=1S/C20H16ClN3O2/c1-13-2-6-16(7-3-13)24-20(26)18-12-14(10-11-22-18)19(25)23-17-8-4-15(21)5-9-17/h2-12H,1H3,(H,23,25)(H,24,26). The van der Waals surface area contributed by atoms with Crippen LogP contribution in [0.15, 0.2) is 66.9 Å². The summed E-state index contributed by atoms with van der Waals surface area (Å²) in [6.45, 7) is 1.97. The Balaban J connectivity index is 1.72. The van der Waals surface area contributed by atoms with Crippen LogP contribution in [0.1, 0.15) is 26.4 Å². The van der Waals surface area contributed by atoms with Crippen molar-refractivity contribution in [1.82, 2.24) is 4.98 Å². The molecule has 0 aliphatic carbocycles. The van der Waals surface area contributed by atoms with Gasteiger partial charge in [0.2, 0.25) is 0 Å². The Labute approximate surface area is 156 Å². The van der Waals surface area contributed by atoms with E-state index in [4.69, 9.17) is 11.6 Å². The summed E-state index contributed by atoms with van der Waals surface area (Å²) in [5.74, 6) is -0.714. The number of rotatable bonds is 4. The summed E-state index contributed by atoms with van der Waals surface area (Å²) in [7, 11) is 0. The van der Waals surface area contributed by atoms with E-state index in [1.54, 1.807) is 30.3 Å². The fourth-order valence-electron chi connectivity index (χ4n) is 2.26. The molecule has 1 aromatic heterocycles. The van der Waals surface area contributed by atoms with Crippen LogP contribution in [0.3, 0.4) is 0 Å². The van der Waals surface area contributed by atoms with Gasteiger partial charge in [0.15, 0.2) is 0 Å². The van der Waals surface area contributed by atoms with E-state index in [0.717, 1.165) is 5.56 Å². The van der Waals surface area contributed by atoms with E-state index in [2.05, 4.69) is 15.6 Å². The Kier molecular flexibility index (Phi) is 5.29. The second-order valence-corrected chi connectivity index (χ2v) is 6.15. The maximum atomic E-state index is 12.4. The van der Waals surface area contributed by atoms with Gasteiger partial charge in [0, 0.05) is 28.2 Å². The van der Waals surface area contributed by atoms with Crippen molar-refractivity contribution in [2.24, 2.45) is 0 Å². The van der Waals surface area contributed by atoms with Crippen molar-refractivity contribution in [2.75, 3.05) is 10.6 Å². The summed E-state index contributed by atoms with van der Waals surface area (Å²) >= 11 is 5.83. The number of carbonyl (C=O) groups is 2. The van der Waals surface area contributed by atoms with Crippen LogP contribution < -0.4 is 10.6 Å². The summed E-state index contributed by atoms with van der Waals surface area (Å²) in [5.41, 5.74) is 2.88. The molecular weight excluding hydrogens is 350 g/mol. The Morgan fingerprint density at radius 2 is 1.42 bits per heavy atom. The number of nitrogens with zero attached hydrogens (tertiary/aromatic N) is 1. The topological polar surface area (TPSA) is 71.1 Å². The zero-order chi connectivity index (χ0) is 18.5. The molecule has 6 heteroatoms. The maximum absolute atomic E-state index is 12.4. The first-order valence-electron chi connectivity index (χ1n) is 7.92. The molecule has 0 spiro atoms. The van der Waals surface area contributed by atoms with Crippen LogP contribution in [0.25, 0.3) is 0 Å². The van der Waals surface area contributed by atoms with Gasteiger partial charge < -0.3 is 10.6 Å². The van der Waals surface area contributed by atoms with Crippen LogP contribution in [-0.4, -0.2) is 16.8 Å². The fraction of sp³-hybridized carbons (Fsp3) is 0.0500. The van der Waals surface area contributed by atoms with Crippen LogP contribution >= 0.6 is 11.6 Å². The third kappa shape index (κ3) is 4.46. The highest BCUT2D eigenvalue weighted by Crippen LogP contribution is 2.15. The molecule has 0 saturated heterocycles. The van der Waals surface area contributed by atoms with E-state index in [9.17, 15) is 9.59 Å². The quantitative estimate of drug-likeness (QED) is 0.712. The highest BCUT2D eigenvalue weighted by atomic mass is 35.5. The minimum Gasteiger partial charge on any atom is -0.322 e. The second-order valence-electron chi connectivity index (χ2n) is 5.71. The highest BCUT2D eigenvalue weighted by molar-refractivity contribution is 6.30. The normalized spacial score (nSPS) is 10.2. The molecular formula is C20H16ClN3O2. The van der Waals surface area contributed by atoms with Gasteiger partial charge in [-0.25, -0.2) is 0 Å². The highest BCUT2D eigenvalue weighted by Gasteiger charge is 2.12. The lowest BCUT2D eigenvalue weighted by Crippen LogP contribution is -2.17. The number of pyridine rings is 1. The van der Waals surface area contributed by atoms with Crippen LogP contribution in [0.5, 0.6) is 0 Å². The number of aromatic nitrogens is 1. The third-order valence-corrected chi connectivity index (χ3v) is 3.92. The molecule has 2 N–H and O–H groups in total. The average molecular weight is 366 g/mol. The molecule has 0 bridgehead atoms. The van der Waals surface area contributed by atoms with Gasteiger partial charge in [0.25, 0.3) is 11.8 Å². The van der Waals surface area contributed by atoms with Crippen molar-refractivity contribution in [2.45, 2.75) is 6.92 Å². The number of halogens is 1. The summed E-state index contributed by atoms with van der Waals surface area (Å²) in [6, 6.07) is 17.2. The monoisotopic (exact) mass is 365 g/mol. The molecule has 0 atom stereocenters. The molecule has 1 heterocycles. The molecule has 26 heavy (non-hydrogen) atoms. The zero-order valence-corrected chi connectivity index (χ0v) is 14.7. The minimum atomic E-state index is -0.380. The number of hydrogen-bond acceptors (Lipinski definition) is 3. The third-order valence-electron chi connectivity index (χ3n) is 3.67. The Morgan fingerprint density at radius 3 is 2.08 bits per heavy atom. The molecule has 0 fully saturated rings. The summed E-state index contributed by atoms with van der Waals surface area (Å²) in [6.07, 6.45) is 1.43. The molecule has 0 aliphatic rings. The lowest BCUT2D eigenvalue weighted by atomic mass is 10.2. The van der Waals surface area contributed by atoms with Gasteiger partial charge >= 0.3 is 0 Å². The number of amides is 2. The number of aryl methyl sites for hydroxylation is 1. The SMILES string of the molecule is Cc1ccc(NC(=O)c2cc(C(=O)Nc3ccc(Cl)cc3)ccn2)cc1. The van der Waals surface area contributed by atoms with Gasteiger partial charge in [-0.15, -0.1) is 0 Å². The summed E-state index contributed by atoms with van der Waals surface area (Å²) < 4.78 is 0. The number of carbonyl (C=O) groups excluding carboxylic acids is 2. The summed E-state index contributed by atoms with van der Waals surface area (Å²) in [5, 5.41) is 6.10. The van der Waals surface area contributed by atoms with Crippen molar-refractivity contribution < 1.29 is 9.59 Å². The largest absolute Gasteiger partial charge is 0.322 e. The number of anilines is 2. The lowest BCUT2D eigenvalue weighted by molar-refractivity contribution is 0.102. The van der Waals surface area contributed by atoms with E-state index in [-0.39, 0.29) is 17.5 Å². The molecule has 3 aromatic rings. The lowest BCUT2D eigenvalue weighted by Gasteiger charge is -2.08. The van der Waals surface area contributed by atoms with Gasteiger partial charge in [-0.05, 0) is 55.5 Å².